The molecule has 4 heteroatoms. The molecular formula is C14H21FNO2+. The highest BCUT2D eigenvalue weighted by Crippen LogP contribution is 2.15. The quantitative estimate of drug-likeness (QED) is 0.762. The fourth-order valence-corrected chi connectivity index (χ4v) is 2.13. The lowest BCUT2D eigenvalue weighted by atomic mass is 10.3. The van der Waals surface area contributed by atoms with Crippen molar-refractivity contribution in [2.75, 3.05) is 39.5 Å². The SMILES string of the molecule is Fc1ccccc1OCCCC[NH+]1CCOCC1. The fraction of sp³-hybridized carbons (Fsp3) is 0.571. The first-order valence-electron chi connectivity index (χ1n) is 6.65. The van der Waals surface area contributed by atoms with E-state index in [2.05, 4.69) is 0 Å². The summed E-state index contributed by atoms with van der Waals surface area (Å²) < 4.78 is 24.0. The molecule has 1 aromatic rings. The van der Waals surface area contributed by atoms with Gasteiger partial charge in [0.25, 0.3) is 0 Å². The highest BCUT2D eigenvalue weighted by atomic mass is 19.1. The Morgan fingerprint density at radius 1 is 1.17 bits per heavy atom. The molecule has 1 aliphatic heterocycles. The van der Waals surface area contributed by atoms with Gasteiger partial charge in [0.05, 0.1) is 26.4 Å². The first-order chi connectivity index (χ1) is 8.86. The standard InChI is InChI=1S/C14H20FNO2/c15-13-5-1-2-6-14(13)18-10-4-3-7-16-8-11-17-12-9-16/h1-2,5-6H,3-4,7-12H2/p+1. The summed E-state index contributed by atoms with van der Waals surface area (Å²) in [5.74, 6) is 0.0764. The summed E-state index contributed by atoms with van der Waals surface area (Å²) in [7, 11) is 0. The Bertz CT molecular complexity index is 353. The van der Waals surface area contributed by atoms with Crippen LogP contribution < -0.4 is 9.64 Å². The molecule has 0 aromatic heterocycles. The van der Waals surface area contributed by atoms with Crippen LogP contribution in [0.1, 0.15) is 12.8 Å². The van der Waals surface area contributed by atoms with E-state index >= 15 is 0 Å². The molecule has 1 aromatic carbocycles. The molecular weight excluding hydrogens is 233 g/mol. The molecule has 3 nitrogen and oxygen atoms in total. The Hall–Kier alpha value is -1.13. The van der Waals surface area contributed by atoms with E-state index in [1.165, 1.54) is 6.07 Å². The first-order valence-corrected chi connectivity index (χ1v) is 6.65. The molecule has 0 unspecified atom stereocenters. The average molecular weight is 254 g/mol. The monoisotopic (exact) mass is 254 g/mol. The second-order valence-electron chi connectivity index (χ2n) is 4.60. The van der Waals surface area contributed by atoms with Crippen LogP contribution in [-0.4, -0.2) is 39.5 Å². The molecule has 0 amide bonds. The fourth-order valence-electron chi connectivity index (χ4n) is 2.13. The van der Waals surface area contributed by atoms with Crippen LogP contribution in [0.3, 0.4) is 0 Å². The Labute approximate surface area is 107 Å². The number of hydrogen-bond acceptors (Lipinski definition) is 2. The lowest BCUT2D eigenvalue weighted by Gasteiger charge is -2.23. The molecule has 2 rings (SSSR count). The van der Waals surface area contributed by atoms with E-state index in [-0.39, 0.29) is 5.82 Å². The predicted molar refractivity (Wildman–Crippen MR) is 67.5 cm³/mol. The van der Waals surface area contributed by atoms with Crippen molar-refractivity contribution in [3.8, 4) is 5.75 Å². The van der Waals surface area contributed by atoms with Gasteiger partial charge in [-0.2, -0.15) is 0 Å². The number of quaternary nitrogens is 1. The third-order valence-electron chi connectivity index (χ3n) is 3.22. The third kappa shape index (κ3) is 4.27. The molecule has 0 radical (unpaired) electrons. The van der Waals surface area contributed by atoms with Gasteiger partial charge < -0.3 is 14.4 Å². The second kappa shape index (κ2) is 7.34. The zero-order valence-electron chi connectivity index (χ0n) is 10.7. The number of hydrogen-bond donors (Lipinski definition) is 1. The van der Waals surface area contributed by atoms with E-state index in [0.29, 0.717) is 12.4 Å². The topological polar surface area (TPSA) is 22.9 Å². The van der Waals surface area contributed by atoms with Gasteiger partial charge in [-0.3, -0.25) is 0 Å². The van der Waals surface area contributed by atoms with Gasteiger partial charge in [-0.25, -0.2) is 4.39 Å². The summed E-state index contributed by atoms with van der Waals surface area (Å²) in [5, 5.41) is 0. The molecule has 0 saturated carbocycles. The van der Waals surface area contributed by atoms with Crippen molar-refractivity contribution in [3.05, 3.63) is 30.1 Å². The van der Waals surface area contributed by atoms with Gasteiger partial charge >= 0.3 is 0 Å². The van der Waals surface area contributed by atoms with E-state index < -0.39 is 0 Å². The van der Waals surface area contributed by atoms with Gasteiger partial charge in [-0.15, -0.1) is 0 Å². The molecule has 18 heavy (non-hydrogen) atoms. The van der Waals surface area contributed by atoms with Gasteiger partial charge in [0.15, 0.2) is 11.6 Å². The number of para-hydroxylation sites is 1. The van der Waals surface area contributed by atoms with Crippen LogP contribution in [0.15, 0.2) is 24.3 Å². The Kier molecular flexibility index (Phi) is 5.42. The number of halogens is 1. The molecule has 1 saturated heterocycles. The predicted octanol–water partition coefficient (Wildman–Crippen LogP) is 0.900. The number of ether oxygens (including phenoxy) is 2. The molecule has 1 heterocycles. The summed E-state index contributed by atoms with van der Waals surface area (Å²) in [6.07, 6.45) is 2.09. The molecule has 100 valence electrons. The van der Waals surface area contributed by atoms with Crippen LogP contribution in [-0.2, 0) is 4.74 Å². The first kappa shape index (κ1) is 13.3. The molecule has 0 bridgehead atoms. The van der Waals surface area contributed by atoms with Gasteiger partial charge in [0.1, 0.15) is 13.1 Å². The summed E-state index contributed by atoms with van der Waals surface area (Å²) >= 11 is 0. The maximum Gasteiger partial charge on any atom is 0.165 e. The number of rotatable bonds is 6. The molecule has 0 spiro atoms. The normalized spacial score (nSPS) is 16.7. The minimum absolute atomic E-state index is 0.281. The second-order valence-corrected chi connectivity index (χ2v) is 4.60. The highest BCUT2D eigenvalue weighted by Gasteiger charge is 2.12. The summed E-state index contributed by atoms with van der Waals surface area (Å²) in [6.45, 7) is 5.71. The van der Waals surface area contributed by atoms with Crippen molar-refractivity contribution in [2.45, 2.75) is 12.8 Å². The number of benzene rings is 1. The Morgan fingerprint density at radius 2 is 1.94 bits per heavy atom. The summed E-state index contributed by atoms with van der Waals surface area (Å²) in [5.41, 5.74) is 0. The molecule has 1 aliphatic rings. The molecule has 0 atom stereocenters. The maximum absolute atomic E-state index is 13.2. The smallest absolute Gasteiger partial charge is 0.165 e. The molecule has 1 fully saturated rings. The van der Waals surface area contributed by atoms with Crippen LogP contribution in [0.25, 0.3) is 0 Å². The lowest BCUT2D eigenvalue weighted by Crippen LogP contribution is -3.14. The minimum Gasteiger partial charge on any atom is -0.491 e. The van der Waals surface area contributed by atoms with E-state index in [9.17, 15) is 4.39 Å². The summed E-state index contributed by atoms with van der Waals surface area (Å²) in [4.78, 5) is 1.60. The summed E-state index contributed by atoms with van der Waals surface area (Å²) in [6, 6.07) is 6.55. The van der Waals surface area contributed by atoms with Crippen LogP contribution in [0.4, 0.5) is 4.39 Å². The van der Waals surface area contributed by atoms with E-state index in [0.717, 1.165) is 45.7 Å². The van der Waals surface area contributed by atoms with Crippen molar-refractivity contribution < 1.29 is 18.8 Å². The van der Waals surface area contributed by atoms with Gasteiger partial charge in [0.2, 0.25) is 0 Å². The Morgan fingerprint density at radius 3 is 2.72 bits per heavy atom. The highest BCUT2D eigenvalue weighted by molar-refractivity contribution is 5.23. The van der Waals surface area contributed by atoms with Crippen molar-refractivity contribution in [2.24, 2.45) is 0 Å². The zero-order chi connectivity index (χ0) is 12.6. The largest absolute Gasteiger partial charge is 0.491 e. The van der Waals surface area contributed by atoms with Crippen molar-refractivity contribution >= 4 is 0 Å². The number of morpholine rings is 1. The van der Waals surface area contributed by atoms with Crippen LogP contribution in [0.5, 0.6) is 5.75 Å². The van der Waals surface area contributed by atoms with E-state index in [4.69, 9.17) is 9.47 Å². The van der Waals surface area contributed by atoms with Crippen molar-refractivity contribution in [3.63, 3.8) is 0 Å². The lowest BCUT2D eigenvalue weighted by molar-refractivity contribution is -0.908. The third-order valence-corrected chi connectivity index (χ3v) is 3.22. The van der Waals surface area contributed by atoms with Gasteiger partial charge in [-0.05, 0) is 25.0 Å². The van der Waals surface area contributed by atoms with Crippen LogP contribution in [0, 0.1) is 5.82 Å². The van der Waals surface area contributed by atoms with Crippen molar-refractivity contribution in [1.29, 1.82) is 0 Å². The minimum atomic E-state index is -0.281. The van der Waals surface area contributed by atoms with Crippen LogP contribution >= 0.6 is 0 Å². The van der Waals surface area contributed by atoms with Crippen LogP contribution in [0.2, 0.25) is 0 Å². The maximum atomic E-state index is 13.2. The molecule has 1 N–H and O–H groups in total. The van der Waals surface area contributed by atoms with Gasteiger partial charge in [0, 0.05) is 0 Å². The van der Waals surface area contributed by atoms with E-state index in [1.807, 2.05) is 0 Å². The van der Waals surface area contributed by atoms with Crippen molar-refractivity contribution in [1.82, 2.24) is 0 Å². The Balaban J connectivity index is 1.57. The van der Waals surface area contributed by atoms with E-state index in [1.54, 1.807) is 23.1 Å². The number of unbranched alkanes of at least 4 members (excludes halogenated alkanes) is 1. The average Bonchev–Trinajstić information content (AvgIpc) is 2.42. The zero-order valence-corrected chi connectivity index (χ0v) is 10.7. The number of nitrogens with one attached hydrogen (secondary N) is 1. The van der Waals surface area contributed by atoms with Gasteiger partial charge in [-0.1, -0.05) is 12.1 Å². The molecule has 0 aliphatic carbocycles.